The molecule has 0 heterocycles. The van der Waals surface area contributed by atoms with E-state index in [9.17, 15) is 0 Å². The van der Waals surface area contributed by atoms with Crippen molar-refractivity contribution in [1.82, 2.24) is 0 Å². The van der Waals surface area contributed by atoms with Gasteiger partial charge in [-0.25, -0.2) is 0 Å². The highest BCUT2D eigenvalue weighted by Crippen LogP contribution is 2.34. The molecule has 78 valence electrons. The van der Waals surface area contributed by atoms with E-state index in [0.717, 1.165) is 24.4 Å². The van der Waals surface area contributed by atoms with Crippen molar-refractivity contribution >= 4 is 47.8 Å². The molecule has 0 unspecified atom stereocenters. The first-order valence-corrected chi connectivity index (χ1v) is 6.62. The van der Waals surface area contributed by atoms with E-state index in [-0.39, 0.29) is 0 Å². The first kappa shape index (κ1) is 12.7. The van der Waals surface area contributed by atoms with Crippen molar-refractivity contribution in [2.45, 2.75) is 6.54 Å². The van der Waals surface area contributed by atoms with Gasteiger partial charge in [-0.1, -0.05) is 6.07 Å². The van der Waals surface area contributed by atoms with Crippen molar-refractivity contribution in [3.05, 3.63) is 31.1 Å². The summed E-state index contributed by atoms with van der Waals surface area (Å²) in [6, 6.07) is 4.21. The second-order valence-corrected chi connectivity index (χ2v) is 6.72. The highest BCUT2D eigenvalue weighted by atomic mass is 79.9. The Morgan fingerprint density at radius 2 is 1.57 bits per heavy atom. The maximum atomic E-state index is 3.60. The van der Waals surface area contributed by atoms with Crippen LogP contribution in [0.3, 0.4) is 0 Å². The molecule has 0 N–H and O–H groups in total. The van der Waals surface area contributed by atoms with Crippen LogP contribution in [0, 0.1) is 0 Å². The lowest BCUT2D eigenvalue weighted by Gasteiger charge is -2.24. The Hall–Kier alpha value is 0.620. The van der Waals surface area contributed by atoms with Gasteiger partial charge in [-0.2, -0.15) is 0 Å². The molecule has 0 saturated heterocycles. The number of hydrogen-bond donors (Lipinski definition) is 0. The minimum atomic E-state index is 0.923. The molecule has 0 aliphatic heterocycles. The zero-order valence-corrected chi connectivity index (χ0v) is 13.2. The summed E-state index contributed by atoms with van der Waals surface area (Å²) in [5.74, 6) is 0. The molecule has 0 saturated carbocycles. The first-order valence-electron chi connectivity index (χ1n) is 4.24. The van der Waals surface area contributed by atoms with Gasteiger partial charge in [0, 0.05) is 19.0 Å². The summed E-state index contributed by atoms with van der Waals surface area (Å²) in [5, 5.41) is 0. The molecule has 1 nitrogen and oxygen atoms in total. The number of quaternary nitrogens is 1. The molecular formula is C10H13Br3N+. The minimum Gasteiger partial charge on any atom is -0.327 e. The Morgan fingerprint density at radius 1 is 1.00 bits per heavy atom. The Labute approximate surface area is 110 Å². The molecule has 1 aromatic carbocycles. The van der Waals surface area contributed by atoms with E-state index in [1.165, 1.54) is 5.56 Å². The van der Waals surface area contributed by atoms with Gasteiger partial charge >= 0.3 is 0 Å². The van der Waals surface area contributed by atoms with Gasteiger partial charge in [-0.3, -0.25) is 0 Å². The van der Waals surface area contributed by atoms with Crippen LogP contribution in [0.5, 0.6) is 0 Å². The van der Waals surface area contributed by atoms with Crippen molar-refractivity contribution in [3.63, 3.8) is 0 Å². The fourth-order valence-corrected chi connectivity index (χ4v) is 2.65. The molecule has 1 aromatic rings. The molecule has 14 heavy (non-hydrogen) atoms. The zero-order valence-electron chi connectivity index (χ0n) is 8.44. The van der Waals surface area contributed by atoms with E-state index in [0.29, 0.717) is 0 Å². The van der Waals surface area contributed by atoms with Crippen LogP contribution in [0.15, 0.2) is 25.6 Å². The second kappa shape index (κ2) is 4.64. The fraction of sp³-hybridized carbons (Fsp3) is 0.400. The molecule has 0 spiro atoms. The summed E-state index contributed by atoms with van der Waals surface area (Å²) in [7, 11) is 6.55. The highest BCUT2D eigenvalue weighted by molar-refractivity contribution is 9.14. The summed E-state index contributed by atoms with van der Waals surface area (Å²) in [5.41, 5.74) is 1.31. The van der Waals surface area contributed by atoms with Crippen molar-refractivity contribution < 1.29 is 4.48 Å². The number of halogens is 3. The van der Waals surface area contributed by atoms with Crippen LogP contribution >= 0.6 is 47.8 Å². The average Bonchev–Trinajstić information content (AvgIpc) is 2.04. The molecule has 0 bridgehead atoms. The molecule has 0 fully saturated rings. The Morgan fingerprint density at radius 3 is 2.07 bits per heavy atom. The highest BCUT2D eigenvalue weighted by Gasteiger charge is 2.14. The average molecular weight is 387 g/mol. The summed E-state index contributed by atoms with van der Waals surface area (Å²) >= 11 is 10.6. The third kappa shape index (κ3) is 3.33. The third-order valence-corrected chi connectivity index (χ3v) is 5.21. The quantitative estimate of drug-likeness (QED) is 0.528. The van der Waals surface area contributed by atoms with Gasteiger partial charge in [0.2, 0.25) is 0 Å². The van der Waals surface area contributed by atoms with Crippen molar-refractivity contribution in [3.8, 4) is 0 Å². The van der Waals surface area contributed by atoms with Crippen molar-refractivity contribution in [2.24, 2.45) is 0 Å². The molecule has 0 atom stereocenters. The van der Waals surface area contributed by atoms with Gasteiger partial charge < -0.3 is 4.48 Å². The van der Waals surface area contributed by atoms with Gasteiger partial charge in [-0.05, 0) is 53.9 Å². The van der Waals surface area contributed by atoms with Crippen molar-refractivity contribution in [1.29, 1.82) is 0 Å². The summed E-state index contributed by atoms with van der Waals surface area (Å²) in [4.78, 5) is 0. The minimum absolute atomic E-state index is 0.923. The maximum absolute atomic E-state index is 3.60. The Balaban J connectivity index is 3.06. The van der Waals surface area contributed by atoms with Crippen LogP contribution in [-0.2, 0) is 6.54 Å². The number of benzene rings is 1. The lowest BCUT2D eigenvalue weighted by atomic mass is 10.2. The Bertz CT molecular complexity index is 342. The second-order valence-electron chi connectivity index (χ2n) is 4.28. The van der Waals surface area contributed by atoms with Gasteiger partial charge in [0.05, 0.1) is 21.1 Å². The van der Waals surface area contributed by atoms with Crippen LogP contribution in [0.4, 0.5) is 0 Å². The van der Waals surface area contributed by atoms with Gasteiger partial charge in [0.1, 0.15) is 6.54 Å². The van der Waals surface area contributed by atoms with Gasteiger partial charge in [0.15, 0.2) is 0 Å². The molecule has 0 aromatic heterocycles. The lowest BCUT2D eigenvalue weighted by molar-refractivity contribution is -0.884. The largest absolute Gasteiger partial charge is 0.327 e. The molecule has 0 aliphatic carbocycles. The number of rotatable bonds is 2. The van der Waals surface area contributed by atoms with Crippen molar-refractivity contribution in [2.75, 3.05) is 21.1 Å². The van der Waals surface area contributed by atoms with Gasteiger partial charge in [0.25, 0.3) is 0 Å². The van der Waals surface area contributed by atoms with E-state index in [4.69, 9.17) is 0 Å². The number of hydrogen-bond acceptors (Lipinski definition) is 0. The molecule has 4 heteroatoms. The maximum Gasteiger partial charge on any atom is 0.105 e. The van der Waals surface area contributed by atoms with E-state index < -0.39 is 0 Å². The van der Waals surface area contributed by atoms with Crippen LogP contribution in [0.1, 0.15) is 5.56 Å². The third-order valence-electron chi connectivity index (χ3n) is 1.76. The molecular weight excluding hydrogens is 374 g/mol. The molecule has 1 rings (SSSR count). The van der Waals surface area contributed by atoms with Crippen LogP contribution < -0.4 is 0 Å². The molecule has 0 aliphatic rings. The summed E-state index contributed by atoms with van der Waals surface area (Å²) < 4.78 is 4.23. The monoisotopic (exact) mass is 384 g/mol. The Kier molecular flexibility index (Phi) is 4.21. The zero-order chi connectivity index (χ0) is 10.9. The molecule has 0 amide bonds. The lowest BCUT2D eigenvalue weighted by Crippen LogP contribution is -2.33. The van der Waals surface area contributed by atoms with E-state index in [1.54, 1.807) is 0 Å². The number of nitrogens with zero attached hydrogens (tertiary/aromatic N) is 1. The fourth-order valence-electron chi connectivity index (χ4n) is 1.20. The van der Waals surface area contributed by atoms with E-state index in [2.05, 4.69) is 81.1 Å². The summed E-state index contributed by atoms with van der Waals surface area (Å²) in [6.45, 7) is 1.01. The van der Waals surface area contributed by atoms with Crippen LogP contribution in [-0.4, -0.2) is 25.6 Å². The van der Waals surface area contributed by atoms with Gasteiger partial charge in [-0.15, -0.1) is 0 Å². The normalized spacial score (nSPS) is 11.9. The summed E-state index contributed by atoms with van der Waals surface area (Å²) in [6.07, 6.45) is 0. The van der Waals surface area contributed by atoms with Crippen LogP contribution in [0.2, 0.25) is 0 Å². The first-order chi connectivity index (χ1) is 6.31. The topological polar surface area (TPSA) is 0 Å². The standard InChI is InChI=1S/C10H13Br3N/c1-14(2,3)6-7-4-5-8(11)10(13)9(7)12/h4-5H,6H2,1-3H3/q+1. The smallest absolute Gasteiger partial charge is 0.105 e. The van der Waals surface area contributed by atoms with E-state index >= 15 is 0 Å². The van der Waals surface area contributed by atoms with E-state index in [1.807, 2.05) is 0 Å². The predicted molar refractivity (Wildman–Crippen MR) is 71.3 cm³/mol. The molecule has 0 radical (unpaired) electrons. The van der Waals surface area contributed by atoms with Crippen LogP contribution in [0.25, 0.3) is 0 Å². The predicted octanol–water partition coefficient (Wildman–Crippen LogP) is 4.18. The SMILES string of the molecule is C[N+](C)(C)Cc1ccc(Br)c(Br)c1Br.